The van der Waals surface area contributed by atoms with Crippen molar-refractivity contribution in [3.8, 4) is 0 Å². The fourth-order valence-corrected chi connectivity index (χ4v) is 5.08. The Morgan fingerprint density at radius 2 is 1.88 bits per heavy atom. The maximum atomic E-state index is 12.5. The molecular formula is C19H30N2O4S. The molecule has 2 unspecified atom stereocenters. The van der Waals surface area contributed by atoms with Crippen molar-refractivity contribution < 1.29 is 18.3 Å². The molecule has 0 saturated carbocycles. The number of aryl methyl sites for hydroxylation is 1. The van der Waals surface area contributed by atoms with Gasteiger partial charge in [0.2, 0.25) is 10.0 Å². The summed E-state index contributed by atoms with van der Waals surface area (Å²) in [7, 11) is -3.70. The molecule has 0 bridgehead atoms. The van der Waals surface area contributed by atoms with Crippen LogP contribution in [0.5, 0.6) is 0 Å². The van der Waals surface area contributed by atoms with E-state index in [4.69, 9.17) is 5.11 Å². The maximum absolute atomic E-state index is 12.5. The van der Waals surface area contributed by atoms with Gasteiger partial charge in [-0.15, -0.1) is 0 Å². The summed E-state index contributed by atoms with van der Waals surface area (Å²) < 4.78 is 27.5. The molecular weight excluding hydrogens is 352 g/mol. The number of rotatable bonds is 8. The van der Waals surface area contributed by atoms with Gasteiger partial charge in [0, 0.05) is 19.6 Å². The molecule has 0 aliphatic carbocycles. The lowest BCUT2D eigenvalue weighted by Crippen LogP contribution is -2.39. The summed E-state index contributed by atoms with van der Waals surface area (Å²) in [6, 6.07) is 4.16. The maximum Gasteiger partial charge on any atom is 0.335 e. The molecule has 0 spiro atoms. The van der Waals surface area contributed by atoms with Gasteiger partial charge in [-0.2, -0.15) is 0 Å². The zero-order valence-corrected chi connectivity index (χ0v) is 16.7. The zero-order valence-electron chi connectivity index (χ0n) is 15.9. The molecule has 1 aliphatic heterocycles. The number of nitrogens with one attached hydrogen (secondary N) is 1. The minimum absolute atomic E-state index is 0.0238. The van der Waals surface area contributed by atoms with Gasteiger partial charge in [-0.1, -0.05) is 19.9 Å². The number of nitrogens with zero attached hydrogens (tertiary/aromatic N) is 1. The van der Waals surface area contributed by atoms with Gasteiger partial charge in [0.15, 0.2) is 0 Å². The summed E-state index contributed by atoms with van der Waals surface area (Å²) in [6.07, 6.45) is 2.98. The molecule has 146 valence electrons. The quantitative estimate of drug-likeness (QED) is 0.675. The predicted octanol–water partition coefficient (Wildman–Crippen LogP) is 2.73. The Balaban J connectivity index is 1.83. The topological polar surface area (TPSA) is 86.7 Å². The van der Waals surface area contributed by atoms with E-state index in [9.17, 15) is 13.2 Å². The summed E-state index contributed by atoms with van der Waals surface area (Å²) in [5.41, 5.74) is 0.517. The lowest BCUT2D eigenvalue weighted by atomic mass is 9.92. The van der Waals surface area contributed by atoms with Crippen molar-refractivity contribution in [2.45, 2.75) is 44.9 Å². The number of carboxylic acids is 1. The Morgan fingerprint density at radius 3 is 2.50 bits per heavy atom. The number of likely N-dealkylation sites (tertiary alicyclic amines) is 1. The van der Waals surface area contributed by atoms with E-state index in [2.05, 4.69) is 23.5 Å². The van der Waals surface area contributed by atoms with Crippen LogP contribution in [-0.4, -0.2) is 50.6 Å². The first-order chi connectivity index (χ1) is 12.2. The van der Waals surface area contributed by atoms with Crippen molar-refractivity contribution >= 4 is 16.0 Å². The molecule has 7 heteroatoms. The number of sulfonamides is 1. The normalized spacial score (nSPS) is 21.7. The van der Waals surface area contributed by atoms with Crippen molar-refractivity contribution in [1.82, 2.24) is 9.62 Å². The number of benzene rings is 1. The van der Waals surface area contributed by atoms with E-state index >= 15 is 0 Å². The second-order valence-corrected chi connectivity index (χ2v) is 9.33. The van der Waals surface area contributed by atoms with Crippen LogP contribution in [-0.2, 0) is 10.0 Å². The fourth-order valence-electron chi connectivity index (χ4n) is 3.74. The number of unbranched alkanes of at least 4 members (excludes halogenated alkanes) is 1. The van der Waals surface area contributed by atoms with Crippen LogP contribution in [0.4, 0.5) is 0 Å². The smallest absolute Gasteiger partial charge is 0.335 e. The Kier molecular flexibility index (Phi) is 7.20. The van der Waals surface area contributed by atoms with Crippen LogP contribution in [0.1, 0.15) is 49.0 Å². The summed E-state index contributed by atoms with van der Waals surface area (Å²) in [6.45, 7) is 9.82. The van der Waals surface area contributed by atoms with Gasteiger partial charge in [-0.25, -0.2) is 17.9 Å². The van der Waals surface area contributed by atoms with E-state index in [0.717, 1.165) is 44.3 Å². The molecule has 0 aromatic heterocycles. The standard InChI is InChI=1S/C19H30N2O4S/c1-14-10-15(2)13-21(12-14)9-5-4-8-20-26(24,25)18-11-17(19(22)23)7-6-16(18)3/h6-7,11,14-15,20H,4-5,8-10,12-13H2,1-3H3,(H,22,23). The number of hydrogen-bond donors (Lipinski definition) is 2. The molecule has 1 aromatic carbocycles. The second-order valence-electron chi connectivity index (χ2n) is 7.60. The summed E-state index contributed by atoms with van der Waals surface area (Å²) in [5.74, 6) is 0.315. The van der Waals surface area contributed by atoms with E-state index in [1.807, 2.05) is 0 Å². The molecule has 2 rings (SSSR count). The Labute approximate surface area is 156 Å². The highest BCUT2D eigenvalue weighted by atomic mass is 32.2. The van der Waals surface area contributed by atoms with E-state index < -0.39 is 16.0 Å². The van der Waals surface area contributed by atoms with Gasteiger partial charge in [-0.05, 0) is 62.3 Å². The molecule has 1 saturated heterocycles. The lowest BCUT2D eigenvalue weighted by Gasteiger charge is -2.34. The first-order valence-electron chi connectivity index (χ1n) is 9.25. The predicted molar refractivity (Wildman–Crippen MR) is 102 cm³/mol. The highest BCUT2D eigenvalue weighted by Gasteiger charge is 2.21. The molecule has 26 heavy (non-hydrogen) atoms. The largest absolute Gasteiger partial charge is 0.478 e. The molecule has 1 aliphatic rings. The average Bonchev–Trinajstić information content (AvgIpc) is 2.53. The number of carbonyl (C=O) groups is 1. The highest BCUT2D eigenvalue weighted by Crippen LogP contribution is 2.21. The lowest BCUT2D eigenvalue weighted by molar-refractivity contribution is 0.0696. The monoisotopic (exact) mass is 382 g/mol. The van der Waals surface area contributed by atoms with Gasteiger partial charge in [-0.3, -0.25) is 0 Å². The second kappa shape index (κ2) is 8.97. The van der Waals surface area contributed by atoms with Crippen molar-refractivity contribution in [1.29, 1.82) is 0 Å². The fraction of sp³-hybridized carbons (Fsp3) is 0.632. The minimum atomic E-state index is -3.70. The summed E-state index contributed by atoms with van der Waals surface area (Å²) in [4.78, 5) is 13.6. The van der Waals surface area contributed by atoms with E-state index in [1.54, 1.807) is 6.92 Å². The van der Waals surface area contributed by atoms with Gasteiger partial charge in [0.25, 0.3) is 0 Å². The van der Waals surface area contributed by atoms with E-state index in [0.29, 0.717) is 12.1 Å². The SMILES string of the molecule is Cc1ccc(C(=O)O)cc1S(=O)(=O)NCCCCN1CC(C)CC(C)C1. The van der Waals surface area contributed by atoms with Crippen LogP contribution >= 0.6 is 0 Å². The summed E-state index contributed by atoms with van der Waals surface area (Å²) in [5, 5.41) is 9.05. The number of piperidine rings is 1. The van der Waals surface area contributed by atoms with Crippen LogP contribution < -0.4 is 4.72 Å². The molecule has 2 atom stereocenters. The number of carboxylic acid groups (broad SMARTS) is 1. The molecule has 6 nitrogen and oxygen atoms in total. The Morgan fingerprint density at radius 1 is 1.23 bits per heavy atom. The summed E-state index contributed by atoms with van der Waals surface area (Å²) >= 11 is 0. The number of aromatic carboxylic acids is 1. The highest BCUT2D eigenvalue weighted by molar-refractivity contribution is 7.89. The van der Waals surface area contributed by atoms with Crippen LogP contribution in [0.25, 0.3) is 0 Å². The minimum Gasteiger partial charge on any atom is -0.478 e. The van der Waals surface area contributed by atoms with Gasteiger partial charge in [0.05, 0.1) is 10.5 Å². The molecule has 2 N–H and O–H groups in total. The van der Waals surface area contributed by atoms with Crippen molar-refractivity contribution in [3.05, 3.63) is 29.3 Å². The van der Waals surface area contributed by atoms with Crippen molar-refractivity contribution in [2.75, 3.05) is 26.2 Å². The van der Waals surface area contributed by atoms with Crippen LogP contribution in [0.2, 0.25) is 0 Å². The van der Waals surface area contributed by atoms with Gasteiger partial charge < -0.3 is 10.0 Å². The van der Waals surface area contributed by atoms with Gasteiger partial charge >= 0.3 is 5.97 Å². The number of hydrogen-bond acceptors (Lipinski definition) is 4. The first kappa shape index (κ1) is 20.9. The average molecular weight is 383 g/mol. The Hall–Kier alpha value is -1.44. The zero-order chi connectivity index (χ0) is 19.3. The third-order valence-electron chi connectivity index (χ3n) is 4.86. The van der Waals surface area contributed by atoms with Crippen molar-refractivity contribution in [2.24, 2.45) is 11.8 Å². The van der Waals surface area contributed by atoms with E-state index in [1.165, 1.54) is 24.6 Å². The Bertz CT molecular complexity index is 723. The third-order valence-corrected chi connectivity index (χ3v) is 6.47. The van der Waals surface area contributed by atoms with Crippen LogP contribution in [0.3, 0.4) is 0 Å². The first-order valence-corrected chi connectivity index (χ1v) is 10.7. The van der Waals surface area contributed by atoms with Crippen LogP contribution in [0.15, 0.2) is 23.1 Å². The molecule has 0 radical (unpaired) electrons. The molecule has 0 amide bonds. The van der Waals surface area contributed by atoms with Crippen molar-refractivity contribution in [3.63, 3.8) is 0 Å². The van der Waals surface area contributed by atoms with E-state index in [-0.39, 0.29) is 10.5 Å². The molecule has 1 heterocycles. The molecule has 1 fully saturated rings. The third kappa shape index (κ3) is 5.79. The molecule has 1 aromatic rings. The van der Waals surface area contributed by atoms with Crippen LogP contribution in [0, 0.1) is 18.8 Å². The van der Waals surface area contributed by atoms with Gasteiger partial charge in [0.1, 0.15) is 0 Å².